The minimum atomic E-state index is -3.64. The van der Waals surface area contributed by atoms with Gasteiger partial charge in [0.2, 0.25) is 10.0 Å². The smallest absolute Gasteiger partial charge is 0.337 e. The van der Waals surface area contributed by atoms with Crippen LogP contribution in [0.15, 0.2) is 29.2 Å². The molecule has 0 amide bonds. The van der Waals surface area contributed by atoms with Gasteiger partial charge in [-0.25, -0.2) is 17.9 Å². The molecule has 1 aromatic rings. The minimum absolute atomic E-state index is 0.108. The van der Waals surface area contributed by atoms with Crippen molar-refractivity contribution in [2.45, 2.75) is 16.9 Å². The Morgan fingerprint density at radius 2 is 2.00 bits per heavy atom. The summed E-state index contributed by atoms with van der Waals surface area (Å²) in [6.45, 7) is 0.234. The highest BCUT2D eigenvalue weighted by atomic mass is 32.2. The molecule has 0 spiro atoms. The van der Waals surface area contributed by atoms with Crippen molar-refractivity contribution in [1.82, 2.24) is 4.72 Å². The number of hydrogen-bond donors (Lipinski definition) is 1. The third kappa shape index (κ3) is 3.81. The van der Waals surface area contributed by atoms with E-state index in [1.165, 1.54) is 31.4 Å². The van der Waals surface area contributed by atoms with Crippen LogP contribution in [0.5, 0.6) is 0 Å². The highest BCUT2D eigenvalue weighted by Crippen LogP contribution is 2.30. The number of benzene rings is 1. The molecule has 0 saturated carbocycles. The molecule has 0 radical (unpaired) electrons. The first kappa shape index (κ1) is 17.3. The molecular formula is C14H19NO5S2. The monoisotopic (exact) mass is 345 g/mol. The van der Waals surface area contributed by atoms with E-state index in [0.29, 0.717) is 5.56 Å². The molecular weight excluding hydrogens is 326 g/mol. The van der Waals surface area contributed by atoms with E-state index in [1.54, 1.807) is 18.9 Å². The standard InChI is InChI=1S/C14H19NO5S2/c1-19-13(16)11-3-5-12(6-4-11)22(17,18)15-9-14(20-2)7-8-21-10-14/h3-6,15H,7-10H2,1-2H3/t14-/m0/s1. The summed E-state index contributed by atoms with van der Waals surface area (Å²) in [7, 11) is -0.758. The predicted molar refractivity (Wildman–Crippen MR) is 84.7 cm³/mol. The first-order chi connectivity index (χ1) is 10.4. The van der Waals surface area contributed by atoms with Crippen LogP contribution in [-0.4, -0.2) is 52.3 Å². The second kappa shape index (κ2) is 6.99. The summed E-state index contributed by atoms with van der Waals surface area (Å²) in [4.78, 5) is 11.5. The lowest BCUT2D eigenvalue weighted by atomic mass is 10.0. The molecule has 1 atom stereocenters. The highest BCUT2D eigenvalue weighted by Gasteiger charge is 2.35. The maximum absolute atomic E-state index is 12.3. The first-order valence-corrected chi connectivity index (χ1v) is 9.37. The number of carbonyl (C=O) groups excluding carboxylic acids is 1. The van der Waals surface area contributed by atoms with Crippen molar-refractivity contribution in [2.75, 3.05) is 32.3 Å². The Morgan fingerprint density at radius 1 is 1.32 bits per heavy atom. The maximum atomic E-state index is 12.3. The average molecular weight is 345 g/mol. The molecule has 1 fully saturated rings. The number of thioether (sulfide) groups is 1. The summed E-state index contributed by atoms with van der Waals surface area (Å²) in [6.07, 6.45) is 0.817. The Balaban J connectivity index is 2.08. The van der Waals surface area contributed by atoms with Crippen LogP contribution >= 0.6 is 11.8 Å². The zero-order chi connectivity index (χ0) is 16.2. The summed E-state index contributed by atoms with van der Waals surface area (Å²) >= 11 is 1.75. The third-order valence-corrected chi connectivity index (χ3v) is 6.31. The van der Waals surface area contributed by atoms with E-state index in [0.717, 1.165) is 17.9 Å². The normalized spacial score (nSPS) is 21.7. The molecule has 8 heteroatoms. The minimum Gasteiger partial charge on any atom is -0.465 e. The maximum Gasteiger partial charge on any atom is 0.337 e. The van der Waals surface area contributed by atoms with E-state index < -0.39 is 21.6 Å². The molecule has 1 N–H and O–H groups in total. The molecule has 1 heterocycles. The number of esters is 1. The number of sulfonamides is 1. The second-order valence-electron chi connectivity index (χ2n) is 5.03. The topological polar surface area (TPSA) is 81.7 Å². The van der Waals surface area contributed by atoms with E-state index in [-0.39, 0.29) is 11.4 Å². The first-order valence-electron chi connectivity index (χ1n) is 6.73. The van der Waals surface area contributed by atoms with Gasteiger partial charge in [-0.05, 0) is 36.4 Å². The number of rotatable bonds is 6. The van der Waals surface area contributed by atoms with Crippen LogP contribution in [0.3, 0.4) is 0 Å². The van der Waals surface area contributed by atoms with Gasteiger partial charge in [0.05, 0.1) is 23.2 Å². The van der Waals surface area contributed by atoms with Crippen molar-refractivity contribution in [3.05, 3.63) is 29.8 Å². The Bertz CT molecular complexity index is 621. The van der Waals surface area contributed by atoms with Gasteiger partial charge in [0, 0.05) is 19.4 Å². The molecule has 1 saturated heterocycles. The van der Waals surface area contributed by atoms with Gasteiger partial charge in [0.25, 0.3) is 0 Å². The van der Waals surface area contributed by atoms with Gasteiger partial charge in [-0.3, -0.25) is 0 Å². The number of ether oxygens (including phenoxy) is 2. The van der Waals surface area contributed by atoms with Gasteiger partial charge in [0.15, 0.2) is 0 Å². The van der Waals surface area contributed by atoms with Gasteiger partial charge in [0.1, 0.15) is 0 Å². The zero-order valence-electron chi connectivity index (χ0n) is 12.5. The van der Waals surface area contributed by atoms with Crippen LogP contribution < -0.4 is 4.72 Å². The zero-order valence-corrected chi connectivity index (χ0v) is 14.1. The van der Waals surface area contributed by atoms with Gasteiger partial charge in [-0.15, -0.1) is 0 Å². The van der Waals surface area contributed by atoms with Crippen molar-refractivity contribution < 1.29 is 22.7 Å². The van der Waals surface area contributed by atoms with Crippen LogP contribution in [0, 0.1) is 0 Å². The van der Waals surface area contributed by atoms with Gasteiger partial charge in [-0.1, -0.05) is 0 Å². The van der Waals surface area contributed by atoms with Crippen molar-refractivity contribution in [3.63, 3.8) is 0 Å². The fourth-order valence-electron chi connectivity index (χ4n) is 2.16. The molecule has 0 aromatic heterocycles. The van der Waals surface area contributed by atoms with Crippen LogP contribution in [-0.2, 0) is 19.5 Å². The molecule has 122 valence electrons. The van der Waals surface area contributed by atoms with Crippen LogP contribution in [0.25, 0.3) is 0 Å². The van der Waals surface area contributed by atoms with Gasteiger partial charge in [-0.2, -0.15) is 11.8 Å². The van der Waals surface area contributed by atoms with E-state index in [9.17, 15) is 13.2 Å². The molecule has 6 nitrogen and oxygen atoms in total. The number of nitrogens with one attached hydrogen (secondary N) is 1. The Morgan fingerprint density at radius 3 is 2.50 bits per heavy atom. The summed E-state index contributed by atoms with van der Waals surface area (Å²) in [5.74, 6) is 1.23. The molecule has 0 bridgehead atoms. The summed E-state index contributed by atoms with van der Waals surface area (Å²) in [5, 5.41) is 0. The summed E-state index contributed by atoms with van der Waals surface area (Å²) in [5.41, 5.74) is -0.133. The van der Waals surface area contributed by atoms with E-state index in [2.05, 4.69) is 9.46 Å². The largest absolute Gasteiger partial charge is 0.465 e. The van der Waals surface area contributed by atoms with Crippen LogP contribution in [0.4, 0.5) is 0 Å². The van der Waals surface area contributed by atoms with Crippen LogP contribution in [0.1, 0.15) is 16.8 Å². The molecule has 0 unspecified atom stereocenters. The summed E-state index contributed by atoms with van der Waals surface area (Å²) in [6, 6.07) is 5.63. The number of methoxy groups -OCH3 is 2. The SMILES string of the molecule is COC(=O)c1ccc(S(=O)(=O)NC[C@@]2(OC)CCSC2)cc1. The van der Waals surface area contributed by atoms with E-state index >= 15 is 0 Å². The molecule has 22 heavy (non-hydrogen) atoms. The second-order valence-corrected chi connectivity index (χ2v) is 7.90. The van der Waals surface area contributed by atoms with E-state index in [1.807, 2.05) is 0 Å². The van der Waals surface area contributed by atoms with Crippen molar-refractivity contribution in [1.29, 1.82) is 0 Å². The fourth-order valence-corrected chi connectivity index (χ4v) is 4.67. The van der Waals surface area contributed by atoms with E-state index in [4.69, 9.17) is 4.74 Å². The van der Waals surface area contributed by atoms with Crippen molar-refractivity contribution >= 4 is 27.8 Å². The molecule has 1 aromatic carbocycles. The fraction of sp³-hybridized carbons (Fsp3) is 0.500. The Kier molecular flexibility index (Phi) is 5.49. The number of hydrogen-bond acceptors (Lipinski definition) is 6. The molecule has 0 aliphatic carbocycles. The molecule has 1 aliphatic rings. The summed E-state index contributed by atoms with van der Waals surface area (Å²) < 4.78 is 37.3. The van der Waals surface area contributed by atoms with Gasteiger partial charge >= 0.3 is 5.97 Å². The quantitative estimate of drug-likeness (QED) is 0.782. The Labute approximate surface area is 134 Å². The lowest BCUT2D eigenvalue weighted by molar-refractivity contribution is 0.0179. The molecule has 2 rings (SSSR count). The average Bonchev–Trinajstić information content (AvgIpc) is 3.02. The molecule has 1 aliphatic heterocycles. The van der Waals surface area contributed by atoms with Crippen molar-refractivity contribution in [2.24, 2.45) is 0 Å². The lowest BCUT2D eigenvalue weighted by Gasteiger charge is -2.26. The van der Waals surface area contributed by atoms with Crippen molar-refractivity contribution in [3.8, 4) is 0 Å². The Hall–Kier alpha value is -1.09. The third-order valence-electron chi connectivity index (χ3n) is 3.67. The van der Waals surface area contributed by atoms with Crippen LogP contribution in [0.2, 0.25) is 0 Å². The highest BCUT2D eigenvalue weighted by molar-refractivity contribution is 7.99. The van der Waals surface area contributed by atoms with Gasteiger partial charge < -0.3 is 9.47 Å². The predicted octanol–water partition coefficient (Wildman–Crippen LogP) is 1.27. The number of carbonyl (C=O) groups is 1. The lowest BCUT2D eigenvalue weighted by Crippen LogP contribution is -2.44.